The third-order valence-electron chi connectivity index (χ3n) is 3.00. The number of methoxy groups -OCH3 is 1. The Kier molecular flexibility index (Phi) is 6.48. The Morgan fingerprint density at radius 3 is 2.80 bits per heavy atom. The highest BCUT2D eigenvalue weighted by molar-refractivity contribution is 9.10. The number of benzene rings is 1. The molecule has 0 saturated heterocycles. The molecule has 2 rings (SSSR count). The molecule has 132 valence electrons. The Labute approximate surface area is 155 Å². The van der Waals surface area contributed by atoms with Crippen molar-refractivity contribution in [2.45, 2.75) is 6.92 Å². The van der Waals surface area contributed by atoms with Crippen LogP contribution in [0.2, 0.25) is 0 Å². The fourth-order valence-electron chi connectivity index (χ4n) is 1.71. The van der Waals surface area contributed by atoms with E-state index in [1.54, 1.807) is 32.2 Å². The average Bonchev–Trinajstić information content (AvgIpc) is 3.09. The van der Waals surface area contributed by atoms with Crippen LogP contribution in [0.1, 0.15) is 11.8 Å². The van der Waals surface area contributed by atoms with Crippen molar-refractivity contribution in [3.05, 3.63) is 49.1 Å². The number of hydrazone groups is 1. The second-order valence-corrected chi connectivity index (χ2v) is 6.51. The number of nitro groups is 1. The van der Waals surface area contributed by atoms with Gasteiger partial charge in [0.25, 0.3) is 11.6 Å². The molecule has 1 heterocycles. The van der Waals surface area contributed by atoms with Gasteiger partial charge in [0.2, 0.25) is 0 Å². The standard InChI is InChI=1S/C15H14BrN3O5S/c1-9(14-5-10(8-25-14)19(21)22)17-18-15(20)7-24-13-4-3-11(23-2)6-12(13)16/h3-6,8H,7H2,1-2H3,(H,18,20)/b17-9-. The molecule has 0 fully saturated rings. The van der Waals surface area contributed by atoms with Crippen molar-refractivity contribution < 1.29 is 19.2 Å². The van der Waals surface area contributed by atoms with E-state index in [0.29, 0.717) is 26.6 Å². The van der Waals surface area contributed by atoms with Crippen molar-refractivity contribution in [2.75, 3.05) is 13.7 Å². The molecule has 0 aliphatic rings. The summed E-state index contributed by atoms with van der Waals surface area (Å²) in [5.74, 6) is 0.701. The highest BCUT2D eigenvalue weighted by Gasteiger charge is 2.12. The van der Waals surface area contributed by atoms with E-state index in [1.165, 1.54) is 22.8 Å². The molecule has 0 aliphatic carbocycles. The maximum absolute atomic E-state index is 11.8. The minimum atomic E-state index is -0.480. The van der Waals surface area contributed by atoms with E-state index in [9.17, 15) is 14.9 Å². The largest absolute Gasteiger partial charge is 0.497 e. The first-order chi connectivity index (χ1) is 11.9. The quantitative estimate of drug-likeness (QED) is 0.414. The average molecular weight is 428 g/mol. The van der Waals surface area contributed by atoms with E-state index < -0.39 is 10.8 Å². The van der Waals surface area contributed by atoms with Gasteiger partial charge in [-0.25, -0.2) is 5.43 Å². The van der Waals surface area contributed by atoms with E-state index in [4.69, 9.17) is 9.47 Å². The first-order valence-electron chi connectivity index (χ1n) is 6.93. The third-order valence-corrected chi connectivity index (χ3v) is 4.65. The number of thiophene rings is 1. The van der Waals surface area contributed by atoms with Crippen LogP contribution < -0.4 is 14.9 Å². The molecular weight excluding hydrogens is 414 g/mol. The zero-order valence-corrected chi connectivity index (χ0v) is 15.7. The Morgan fingerprint density at radius 2 is 2.20 bits per heavy atom. The monoisotopic (exact) mass is 427 g/mol. The molecule has 0 aliphatic heterocycles. The van der Waals surface area contributed by atoms with Crippen LogP contribution in [0.15, 0.2) is 39.2 Å². The van der Waals surface area contributed by atoms with Crippen LogP contribution >= 0.6 is 27.3 Å². The second kappa shape index (κ2) is 8.58. The molecule has 0 unspecified atom stereocenters. The summed E-state index contributed by atoms with van der Waals surface area (Å²) in [6, 6.07) is 6.51. The van der Waals surface area contributed by atoms with Gasteiger partial charge in [-0.1, -0.05) is 0 Å². The number of carbonyl (C=O) groups is 1. The van der Waals surface area contributed by atoms with Crippen LogP contribution in [-0.4, -0.2) is 30.3 Å². The molecule has 1 aromatic heterocycles. The van der Waals surface area contributed by atoms with E-state index >= 15 is 0 Å². The summed E-state index contributed by atoms with van der Waals surface area (Å²) in [6.45, 7) is 1.42. The summed E-state index contributed by atoms with van der Waals surface area (Å²) in [6.07, 6.45) is 0. The maximum atomic E-state index is 11.8. The van der Waals surface area contributed by atoms with Crippen LogP contribution in [-0.2, 0) is 4.79 Å². The van der Waals surface area contributed by atoms with Gasteiger partial charge < -0.3 is 9.47 Å². The Hall–Kier alpha value is -2.46. The van der Waals surface area contributed by atoms with Crippen LogP contribution in [0.25, 0.3) is 0 Å². The Balaban J connectivity index is 1.90. The van der Waals surface area contributed by atoms with Gasteiger partial charge in [-0.3, -0.25) is 14.9 Å². The molecule has 1 amide bonds. The van der Waals surface area contributed by atoms with E-state index in [-0.39, 0.29) is 12.3 Å². The highest BCUT2D eigenvalue weighted by Crippen LogP contribution is 2.29. The number of ether oxygens (including phenoxy) is 2. The van der Waals surface area contributed by atoms with E-state index in [0.717, 1.165) is 0 Å². The zero-order valence-electron chi connectivity index (χ0n) is 13.3. The van der Waals surface area contributed by atoms with Crippen molar-refractivity contribution in [3.63, 3.8) is 0 Å². The molecule has 8 nitrogen and oxygen atoms in total. The van der Waals surface area contributed by atoms with Crippen molar-refractivity contribution in [3.8, 4) is 11.5 Å². The molecule has 2 aromatic rings. The van der Waals surface area contributed by atoms with Gasteiger partial charge in [-0.05, 0) is 41.1 Å². The first kappa shape index (κ1) is 18.9. The van der Waals surface area contributed by atoms with Crippen molar-refractivity contribution in [2.24, 2.45) is 5.10 Å². The molecular formula is C15H14BrN3O5S. The normalized spacial score (nSPS) is 11.1. The number of hydrogen-bond acceptors (Lipinski definition) is 7. The van der Waals surface area contributed by atoms with Crippen LogP contribution in [0.4, 0.5) is 5.69 Å². The van der Waals surface area contributed by atoms with E-state index in [1.807, 2.05) is 0 Å². The Bertz CT molecular complexity index is 821. The molecule has 0 bridgehead atoms. The third kappa shape index (κ3) is 5.26. The second-order valence-electron chi connectivity index (χ2n) is 4.74. The number of halogens is 1. The number of nitrogens with zero attached hydrogens (tertiary/aromatic N) is 2. The van der Waals surface area contributed by atoms with Gasteiger partial charge >= 0.3 is 0 Å². The van der Waals surface area contributed by atoms with Gasteiger partial charge in [-0.15, -0.1) is 11.3 Å². The molecule has 0 radical (unpaired) electrons. The summed E-state index contributed by atoms with van der Waals surface area (Å²) in [7, 11) is 1.55. The fourth-order valence-corrected chi connectivity index (χ4v) is 2.99. The predicted octanol–water partition coefficient (Wildman–Crippen LogP) is 3.35. The lowest BCUT2D eigenvalue weighted by Crippen LogP contribution is -2.25. The number of carbonyl (C=O) groups excluding carboxylic acids is 1. The smallest absolute Gasteiger partial charge is 0.280 e. The number of amides is 1. The van der Waals surface area contributed by atoms with Gasteiger partial charge in [0, 0.05) is 6.07 Å². The van der Waals surface area contributed by atoms with Crippen LogP contribution in [0.3, 0.4) is 0 Å². The van der Waals surface area contributed by atoms with Crippen LogP contribution in [0, 0.1) is 10.1 Å². The summed E-state index contributed by atoms with van der Waals surface area (Å²) in [5.41, 5.74) is 2.82. The molecule has 0 atom stereocenters. The molecule has 10 heteroatoms. The Morgan fingerprint density at radius 1 is 1.44 bits per heavy atom. The highest BCUT2D eigenvalue weighted by atomic mass is 79.9. The van der Waals surface area contributed by atoms with Gasteiger partial charge in [0.15, 0.2) is 6.61 Å². The summed E-state index contributed by atoms with van der Waals surface area (Å²) < 4.78 is 11.1. The zero-order chi connectivity index (χ0) is 18.4. The van der Waals surface area contributed by atoms with Crippen LogP contribution in [0.5, 0.6) is 11.5 Å². The molecule has 25 heavy (non-hydrogen) atoms. The fraction of sp³-hybridized carbons (Fsp3) is 0.200. The lowest BCUT2D eigenvalue weighted by molar-refractivity contribution is -0.384. The summed E-state index contributed by atoms with van der Waals surface area (Å²) in [5, 5.41) is 16.0. The molecule has 1 aromatic carbocycles. The van der Waals surface area contributed by atoms with Gasteiger partial charge in [-0.2, -0.15) is 5.10 Å². The van der Waals surface area contributed by atoms with E-state index in [2.05, 4.69) is 26.5 Å². The van der Waals surface area contributed by atoms with Gasteiger partial charge in [0.1, 0.15) is 11.5 Å². The predicted molar refractivity (Wildman–Crippen MR) is 97.5 cm³/mol. The number of rotatable bonds is 7. The number of nitrogens with one attached hydrogen (secondary N) is 1. The lowest BCUT2D eigenvalue weighted by Gasteiger charge is -2.08. The molecule has 0 saturated carbocycles. The topological polar surface area (TPSA) is 103 Å². The minimum Gasteiger partial charge on any atom is -0.497 e. The van der Waals surface area contributed by atoms with Crippen molar-refractivity contribution >= 4 is 44.6 Å². The summed E-state index contributed by atoms with van der Waals surface area (Å²) in [4.78, 5) is 22.6. The first-order valence-corrected chi connectivity index (χ1v) is 8.60. The minimum absolute atomic E-state index is 0.00596. The van der Waals surface area contributed by atoms with Gasteiger partial charge in [0.05, 0.1) is 32.5 Å². The van der Waals surface area contributed by atoms with Crippen molar-refractivity contribution in [1.29, 1.82) is 0 Å². The van der Waals surface area contributed by atoms with Crippen molar-refractivity contribution in [1.82, 2.24) is 5.43 Å². The number of hydrogen-bond donors (Lipinski definition) is 1. The maximum Gasteiger partial charge on any atom is 0.280 e. The summed E-state index contributed by atoms with van der Waals surface area (Å²) >= 11 is 4.51. The molecule has 1 N–H and O–H groups in total. The lowest BCUT2D eigenvalue weighted by atomic mass is 10.3. The molecule has 0 spiro atoms. The SMILES string of the molecule is COc1ccc(OCC(=O)N/N=C(/C)c2cc([N+](=O)[O-])cs2)c(Br)c1.